The van der Waals surface area contributed by atoms with Crippen LogP contribution in [0.1, 0.15) is 19.8 Å². The summed E-state index contributed by atoms with van der Waals surface area (Å²) >= 11 is 0. The van der Waals surface area contributed by atoms with Crippen molar-refractivity contribution in [2.45, 2.75) is 31.9 Å². The molecule has 1 aliphatic heterocycles. The Kier molecular flexibility index (Phi) is 5.62. The van der Waals surface area contributed by atoms with Crippen LogP contribution in [0, 0.1) is 5.82 Å². The van der Waals surface area contributed by atoms with Crippen LogP contribution in [0.15, 0.2) is 12.4 Å². The number of carbonyl (C=O) groups is 1. The smallest absolute Gasteiger partial charge is 0.256 e. The van der Waals surface area contributed by atoms with Gasteiger partial charge < -0.3 is 25.0 Å². The van der Waals surface area contributed by atoms with Crippen LogP contribution < -0.4 is 15.4 Å². The molecule has 0 bridgehead atoms. The van der Waals surface area contributed by atoms with Crippen molar-refractivity contribution in [2.24, 2.45) is 0 Å². The average molecular weight is 417 g/mol. The minimum atomic E-state index is -0.677. The molecule has 3 heterocycles. The molecule has 1 saturated heterocycles. The molecule has 2 fully saturated rings. The number of aromatic nitrogens is 4. The lowest BCUT2D eigenvalue weighted by atomic mass is 9.88. The molecule has 2 N–H and O–H groups in total. The van der Waals surface area contributed by atoms with Gasteiger partial charge in [0, 0.05) is 63.9 Å². The first-order chi connectivity index (χ1) is 14.4. The monoisotopic (exact) mass is 417 g/mol. The fourth-order valence-electron chi connectivity index (χ4n) is 3.42. The minimum absolute atomic E-state index is 0.00749. The van der Waals surface area contributed by atoms with Crippen molar-refractivity contribution in [2.75, 3.05) is 44.0 Å². The third-order valence-electron chi connectivity index (χ3n) is 5.44. The summed E-state index contributed by atoms with van der Waals surface area (Å²) in [6.45, 7) is 3.79. The number of hydrogen-bond acceptors (Lipinski definition) is 9. The van der Waals surface area contributed by atoms with E-state index >= 15 is 4.39 Å². The van der Waals surface area contributed by atoms with Gasteiger partial charge in [-0.3, -0.25) is 4.79 Å². The summed E-state index contributed by atoms with van der Waals surface area (Å²) in [6.07, 6.45) is 3.84. The predicted octanol–water partition coefficient (Wildman–Crippen LogP) is 0.880. The second-order valence-electron chi connectivity index (χ2n) is 7.42. The zero-order chi connectivity index (χ0) is 21.3. The number of ether oxygens (including phenoxy) is 2. The van der Waals surface area contributed by atoms with E-state index in [1.807, 2.05) is 4.90 Å². The SMILES string of the molecule is CC(=O)N(C)C1CC(Oc2nc(N3CCOCC3)nc(-c3cnc(N)nc3)c2F)C1. The molecule has 160 valence electrons. The number of rotatable bonds is 5. The van der Waals surface area contributed by atoms with Gasteiger partial charge in [0.05, 0.1) is 13.2 Å². The molecule has 2 aliphatic rings. The quantitative estimate of drug-likeness (QED) is 0.756. The van der Waals surface area contributed by atoms with Gasteiger partial charge in [0.2, 0.25) is 23.6 Å². The van der Waals surface area contributed by atoms with Crippen molar-refractivity contribution in [1.82, 2.24) is 24.8 Å². The predicted molar refractivity (Wildman–Crippen MR) is 106 cm³/mol. The van der Waals surface area contributed by atoms with Crippen LogP contribution in [-0.4, -0.2) is 76.2 Å². The molecule has 0 unspecified atom stereocenters. The number of halogens is 1. The van der Waals surface area contributed by atoms with Gasteiger partial charge in [-0.1, -0.05) is 0 Å². The van der Waals surface area contributed by atoms with Crippen molar-refractivity contribution >= 4 is 17.8 Å². The first kappa shape index (κ1) is 20.2. The van der Waals surface area contributed by atoms with E-state index in [2.05, 4.69) is 19.9 Å². The molecular weight excluding hydrogens is 393 g/mol. The molecule has 11 heteroatoms. The van der Waals surface area contributed by atoms with Crippen LogP contribution in [0.2, 0.25) is 0 Å². The van der Waals surface area contributed by atoms with E-state index in [9.17, 15) is 4.79 Å². The maximum absolute atomic E-state index is 15.3. The lowest BCUT2D eigenvalue weighted by molar-refractivity contribution is -0.133. The second kappa shape index (κ2) is 8.34. The summed E-state index contributed by atoms with van der Waals surface area (Å²) in [5, 5.41) is 0. The van der Waals surface area contributed by atoms with E-state index in [0.717, 1.165) is 0 Å². The molecule has 0 spiro atoms. The number of nitrogens with two attached hydrogens (primary N) is 1. The van der Waals surface area contributed by atoms with Crippen LogP contribution >= 0.6 is 0 Å². The highest BCUT2D eigenvalue weighted by Gasteiger charge is 2.36. The van der Waals surface area contributed by atoms with E-state index in [4.69, 9.17) is 15.2 Å². The summed E-state index contributed by atoms with van der Waals surface area (Å²) in [7, 11) is 1.75. The Hall–Kier alpha value is -3.08. The molecule has 1 amide bonds. The van der Waals surface area contributed by atoms with E-state index < -0.39 is 5.82 Å². The van der Waals surface area contributed by atoms with Crippen molar-refractivity contribution in [3.8, 4) is 17.1 Å². The van der Waals surface area contributed by atoms with Crippen LogP contribution in [0.4, 0.5) is 16.3 Å². The summed E-state index contributed by atoms with van der Waals surface area (Å²) in [6, 6.07) is 0.0843. The Labute approximate surface area is 173 Å². The molecular formula is C19H24FN7O3. The van der Waals surface area contributed by atoms with Gasteiger partial charge in [0.15, 0.2) is 0 Å². The molecule has 1 aliphatic carbocycles. The van der Waals surface area contributed by atoms with Gasteiger partial charge in [-0.15, -0.1) is 0 Å². The normalized spacial score (nSPS) is 21.1. The molecule has 2 aromatic heterocycles. The van der Waals surface area contributed by atoms with Gasteiger partial charge >= 0.3 is 0 Å². The van der Waals surface area contributed by atoms with E-state index in [0.29, 0.717) is 50.7 Å². The zero-order valence-electron chi connectivity index (χ0n) is 16.9. The fraction of sp³-hybridized carbons (Fsp3) is 0.526. The van der Waals surface area contributed by atoms with Crippen LogP contribution in [0.3, 0.4) is 0 Å². The first-order valence-electron chi connectivity index (χ1n) is 9.80. The molecule has 4 rings (SSSR count). The van der Waals surface area contributed by atoms with Crippen molar-refractivity contribution in [3.05, 3.63) is 18.2 Å². The molecule has 0 aromatic carbocycles. The van der Waals surface area contributed by atoms with E-state index in [-0.39, 0.29) is 35.6 Å². The van der Waals surface area contributed by atoms with Crippen LogP contribution in [0.25, 0.3) is 11.3 Å². The first-order valence-corrected chi connectivity index (χ1v) is 9.80. The highest BCUT2D eigenvalue weighted by atomic mass is 19.1. The lowest BCUT2D eigenvalue weighted by Crippen LogP contribution is -2.49. The third kappa shape index (κ3) is 4.11. The lowest BCUT2D eigenvalue weighted by Gasteiger charge is -2.40. The van der Waals surface area contributed by atoms with Gasteiger partial charge in [-0.25, -0.2) is 15.0 Å². The number of hydrogen-bond donors (Lipinski definition) is 1. The number of nitrogen functional groups attached to an aromatic ring is 1. The van der Waals surface area contributed by atoms with Crippen LogP contribution in [0.5, 0.6) is 5.88 Å². The van der Waals surface area contributed by atoms with E-state index in [1.54, 1.807) is 11.9 Å². The third-order valence-corrected chi connectivity index (χ3v) is 5.44. The molecule has 1 saturated carbocycles. The van der Waals surface area contributed by atoms with Gasteiger partial charge in [-0.2, -0.15) is 9.37 Å². The number of morpholine rings is 1. The number of carbonyl (C=O) groups excluding carboxylic acids is 1. The standard InChI is InChI=1S/C19H24FN7O3/c1-11(28)26(2)13-7-14(8-13)30-17-15(20)16(12-9-22-18(21)23-10-12)24-19(25-17)27-3-5-29-6-4-27/h9-10,13-14H,3-8H2,1-2H3,(H2,21,22,23). The maximum Gasteiger partial charge on any atom is 0.256 e. The second-order valence-corrected chi connectivity index (χ2v) is 7.42. The Balaban J connectivity index is 1.61. The highest BCUT2D eigenvalue weighted by Crippen LogP contribution is 2.33. The highest BCUT2D eigenvalue weighted by molar-refractivity contribution is 5.73. The summed E-state index contributed by atoms with van der Waals surface area (Å²) < 4.78 is 26.5. The number of anilines is 2. The Morgan fingerprint density at radius 1 is 1.27 bits per heavy atom. The van der Waals surface area contributed by atoms with Crippen molar-refractivity contribution in [3.63, 3.8) is 0 Å². The molecule has 10 nitrogen and oxygen atoms in total. The maximum atomic E-state index is 15.3. The van der Waals surface area contributed by atoms with E-state index in [1.165, 1.54) is 19.3 Å². The van der Waals surface area contributed by atoms with Crippen molar-refractivity contribution < 1.29 is 18.7 Å². The summed E-state index contributed by atoms with van der Waals surface area (Å²) in [5.74, 6) is -0.352. The average Bonchev–Trinajstić information content (AvgIpc) is 2.72. The topological polar surface area (TPSA) is 120 Å². The van der Waals surface area contributed by atoms with Gasteiger partial charge in [0.25, 0.3) is 5.88 Å². The van der Waals surface area contributed by atoms with Gasteiger partial charge in [-0.05, 0) is 0 Å². The molecule has 0 radical (unpaired) electrons. The molecule has 0 atom stereocenters. The fourth-order valence-corrected chi connectivity index (χ4v) is 3.42. The molecule has 2 aromatic rings. The van der Waals surface area contributed by atoms with Gasteiger partial charge in [0.1, 0.15) is 11.8 Å². The minimum Gasteiger partial charge on any atom is -0.472 e. The van der Waals surface area contributed by atoms with Crippen molar-refractivity contribution in [1.29, 1.82) is 0 Å². The summed E-state index contributed by atoms with van der Waals surface area (Å²) in [4.78, 5) is 31.7. The summed E-state index contributed by atoms with van der Waals surface area (Å²) in [5.41, 5.74) is 5.98. The molecule has 30 heavy (non-hydrogen) atoms. The Bertz CT molecular complexity index is 915. The zero-order valence-corrected chi connectivity index (χ0v) is 16.9. The van der Waals surface area contributed by atoms with Crippen LogP contribution in [-0.2, 0) is 9.53 Å². The largest absolute Gasteiger partial charge is 0.472 e. The number of nitrogens with zero attached hydrogens (tertiary/aromatic N) is 6. The number of amides is 1. The Morgan fingerprint density at radius 3 is 2.57 bits per heavy atom. The Morgan fingerprint density at radius 2 is 1.93 bits per heavy atom.